The van der Waals surface area contributed by atoms with Crippen molar-refractivity contribution in [2.24, 2.45) is 28.1 Å². The van der Waals surface area contributed by atoms with Gasteiger partial charge in [-0.25, -0.2) is 4.79 Å². The third-order valence-corrected chi connectivity index (χ3v) is 6.82. The van der Waals surface area contributed by atoms with Gasteiger partial charge >= 0.3 is 5.97 Å². The van der Waals surface area contributed by atoms with Gasteiger partial charge in [0.05, 0.1) is 6.04 Å². The number of carbonyl (C=O) groups is 4. The van der Waals surface area contributed by atoms with Crippen molar-refractivity contribution in [1.82, 2.24) is 15.5 Å². The lowest BCUT2D eigenvalue weighted by molar-refractivity contribution is -0.149. The molecule has 5 atom stereocenters. The van der Waals surface area contributed by atoms with E-state index >= 15 is 0 Å². The quantitative estimate of drug-likeness (QED) is 0.106. The number of carboxylic acids is 1. The fourth-order valence-electron chi connectivity index (χ4n) is 4.41. The Morgan fingerprint density at radius 3 is 2.42 bits per heavy atom. The molecule has 1 fully saturated rings. The molecule has 0 aromatic heterocycles. The van der Waals surface area contributed by atoms with Crippen LogP contribution in [0.5, 0.6) is 0 Å². The molecule has 1 heterocycles. The Balaban J connectivity index is 2.18. The molecular formula is C26H41N7O5. The van der Waals surface area contributed by atoms with Crippen molar-refractivity contribution in [3.63, 3.8) is 0 Å². The summed E-state index contributed by atoms with van der Waals surface area (Å²) in [6.07, 6.45) is 2.50. The molecule has 12 heteroatoms. The van der Waals surface area contributed by atoms with Crippen molar-refractivity contribution in [2.75, 3.05) is 13.1 Å². The van der Waals surface area contributed by atoms with Crippen molar-refractivity contribution in [3.8, 4) is 0 Å². The first-order chi connectivity index (χ1) is 18.0. The molecule has 0 aliphatic carbocycles. The van der Waals surface area contributed by atoms with Crippen LogP contribution in [0.1, 0.15) is 51.5 Å². The average molecular weight is 532 g/mol. The molecule has 5 unspecified atom stereocenters. The normalized spacial score (nSPS) is 18.1. The molecule has 0 saturated carbocycles. The van der Waals surface area contributed by atoms with Gasteiger partial charge < -0.3 is 37.8 Å². The van der Waals surface area contributed by atoms with Gasteiger partial charge in [0, 0.05) is 19.5 Å². The standard InChI is InChI=1S/C26H41N7O5/c1-3-16(2)21(32-22(34)18(27)11-7-13-30-26(28)29)23(35)31-19(15-17-9-5-4-6-10-17)24(36)33-14-8-12-20(33)25(37)38/h4-6,9-10,16,18-21H,3,7-8,11-15,27H2,1-2H3,(H,31,35)(H,32,34)(H,37,38)(H4,28,29,30). The molecule has 1 aliphatic rings. The summed E-state index contributed by atoms with van der Waals surface area (Å²) in [5.41, 5.74) is 17.5. The second-order valence-corrected chi connectivity index (χ2v) is 9.71. The van der Waals surface area contributed by atoms with Crippen LogP contribution >= 0.6 is 0 Å². The SMILES string of the molecule is CCC(C)C(NC(=O)C(N)CCCN=C(N)N)C(=O)NC(Cc1ccccc1)C(=O)N1CCCC1C(=O)O. The summed E-state index contributed by atoms with van der Waals surface area (Å²) < 4.78 is 0. The summed E-state index contributed by atoms with van der Waals surface area (Å²) >= 11 is 0. The summed E-state index contributed by atoms with van der Waals surface area (Å²) in [4.78, 5) is 56.7. The third kappa shape index (κ3) is 9.02. The van der Waals surface area contributed by atoms with E-state index in [1.165, 1.54) is 4.90 Å². The van der Waals surface area contributed by atoms with Gasteiger partial charge in [-0.15, -0.1) is 0 Å². The van der Waals surface area contributed by atoms with Crippen LogP contribution in [0.2, 0.25) is 0 Å². The Hall–Kier alpha value is -3.67. The number of nitrogens with two attached hydrogens (primary N) is 3. The van der Waals surface area contributed by atoms with E-state index in [4.69, 9.17) is 17.2 Å². The molecule has 0 bridgehead atoms. The lowest BCUT2D eigenvalue weighted by atomic mass is 9.96. The zero-order valence-corrected chi connectivity index (χ0v) is 22.1. The number of guanidine groups is 1. The molecule has 1 aromatic rings. The first-order valence-electron chi connectivity index (χ1n) is 13.0. The lowest BCUT2D eigenvalue weighted by Gasteiger charge is -2.30. The molecule has 12 nitrogen and oxygen atoms in total. The van der Waals surface area contributed by atoms with Crippen LogP contribution in [0.3, 0.4) is 0 Å². The number of carboxylic acid groups (broad SMARTS) is 1. The Morgan fingerprint density at radius 1 is 1.13 bits per heavy atom. The zero-order valence-electron chi connectivity index (χ0n) is 22.1. The maximum absolute atomic E-state index is 13.5. The maximum atomic E-state index is 13.5. The average Bonchev–Trinajstić information content (AvgIpc) is 3.39. The highest BCUT2D eigenvalue weighted by Gasteiger charge is 2.39. The molecule has 1 aromatic carbocycles. The summed E-state index contributed by atoms with van der Waals surface area (Å²) in [6, 6.07) is 5.43. The Labute approximate surface area is 223 Å². The van der Waals surface area contributed by atoms with Gasteiger partial charge in [-0.3, -0.25) is 19.4 Å². The highest BCUT2D eigenvalue weighted by molar-refractivity contribution is 5.94. The van der Waals surface area contributed by atoms with Gasteiger partial charge in [-0.05, 0) is 37.2 Å². The number of hydrogen-bond acceptors (Lipinski definition) is 6. The molecule has 38 heavy (non-hydrogen) atoms. The van der Waals surface area contributed by atoms with E-state index in [0.29, 0.717) is 45.2 Å². The Morgan fingerprint density at radius 2 is 1.82 bits per heavy atom. The highest BCUT2D eigenvalue weighted by Crippen LogP contribution is 2.20. The minimum atomic E-state index is -1.07. The lowest BCUT2D eigenvalue weighted by Crippen LogP contribution is -2.59. The van der Waals surface area contributed by atoms with E-state index in [1.54, 1.807) is 0 Å². The summed E-state index contributed by atoms with van der Waals surface area (Å²) in [7, 11) is 0. The number of likely N-dealkylation sites (tertiary alicyclic amines) is 1. The van der Waals surface area contributed by atoms with Crippen LogP contribution in [0.15, 0.2) is 35.3 Å². The predicted molar refractivity (Wildman–Crippen MR) is 144 cm³/mol. The molecular weight excluding hydrogens is 490 g/mol. The van der Waals surface area contributed by atoms with E-state index in [-0.39, 0.29) is 18.3 Å². The molecule has 0 radical (unpaired) electrons. The second-order valence-electron chi connectivity index (χ2n) is 9.71. The minimum absolute atomic E-state index is 0.0419. The summed E-state index contributed by atoms with van der Waals surface area (Å²) in [5, 5.41) is 15.1. The molecule has 1 aliphatic heterocycles. The zero-order chi connectivity index (χ0) is 28.2. The first kappa shape index (κ1) is 30.6. The molecule has 1 saturated heterocycles. The van der Waals surface area contributed by atoms with Crippen molar-refractivity contribution in [2.45, 2.75) is 76.5 Å². The topological polar surface area (TPSA) is 206 Å². The van der Waals surface area contributed by atoms with E-state index in [1.807, 2.05) is 44.2 Å². The number of aliphatic carboxylic acids is 1. The van der Waals surface area contributed by atoms with Crippen LogP contribution in [0.4, 0.5) is 0 Å². The minimum Gasteiger partial charge on any atom is -0.480 e. The van der Waals surface area contributed by atoms with Crippen LogP contribution in [-0.2, 0) is 25.6 Å². The van der Waals surface area contributed by atoms with Crippen molar-refractivity contribution in [3.05, 3.63) is 35.9 Å². The van der Waals surface area contributed by atoms with Crippen LogP contribution in [-0.4, -0.2) is 76.9 Å². The van der Waals surface area contributed by atoms with E-state index < -0.39 is 47.9 Å². The molecule has 0 spiro atoms. The number of benzene rings is 1. The van der Waals surface area contributed by atoms with Gasteiger partial charge in [-0.1, -0.05) is 50.6 Å². The number of nitrogens with one attached hydrogen (secondary N) is 2. The number of aliphatic imine (C=N–C) groups is 1. The summed E-state index contributed by atoms with van der Waals surface area (Å²) in [5.74, 6) is -2.84. The van der Waals surface area contributed by atoms with Gasteiger partial charge in [0.15, 0.2) is 5.96 Å². The van der Waals surface area contributed by atoms with Gasteiger partial charge in [0.25, 0.3) is 0 Å². The Bertz CT molecular complexity index is 983. The number of carbonyl (C=O) groups excluding carboxylic acids is 3. The van der Waals surface area contributed by atoms with Crippen molar-refractivity contribution in [1.29, 1.82) is 0 Å². The van der Waals surface area contributed by atoms with Crippen LogP contribution in [0, 0.1) is 5.92 Å². The highest BCUT2D eigenvalue weighted by atomic mass is 16.4. The summed E-state index contributed by atoms with van der Waals surface area (Å²) in [6.45, 7) is 4.34. The van der Waals surface area contributed by atoms with Gasteiger partial charge in [0.2, 0.25) is 17.7 Å². The molecule has 210 valence electrons. The predicted octanol–water partition coefficient (Wildman–Crippen LogP) is -0.299. The molecule has 3 amide bonds. The molecule has 2 rings (SSSR count). The van der Waals surface area contributed by atoms with Crippen molar-refractivity contribution < 1.29 is 24.3 Å². The largest absolute Gasteiger partial charge is 0.480 e. The number of nitrogens with zero attached hydrogens (tertiary/aromatic N) is 2. The maximum Gasteiger partial charge on any atom is 0.326 e. The number of rotatable bonds is 14. The monoisotopic (exact) mass is 531 g/mol. The number of amides is 3. The molecule has 9 N–H and O–H groups in total. The fraction of sp³-hybridized carbons (Fsp3) is 0.577. The second kappa shape index (κ2) is 14.9. The van der Waals surface area contributed by atoms with Gasteiger partial charge in [0.1, 0.15) is 18.1 Å². The smallest absolute Gasteiger partial charge is 0.326 e. The third-order valence-electron chi connectivity index (χ3n) is 6.82. The van der Waals surface area contributed by atoms with Crippen LogP contribution < -0.4 is 27.8 Å². The van der Waals surface area contributed by atoms with Crippen molar-refractivity contribution >= 4 is 29.7 Å². The first-order valence-corrected chi connectivity index (χ1v) is 13.0. The number of hydrogen-bond donors (Lipinski definition) is 6. The van der Waals surface area contributed by atoms with E-state index in [0.717, 1.165) is 5.56 Å². The van der Waals surface area contributed by atoms with Crippen LogP contribution in [0.25, 0.3) is 0 Å². The van der Waals surface area contributed by atoms with E-state index in [2.05, 4.69) is 15.6 Å². The fourth-order valence-corrected chi connectivity index (χ4v) is 4.41. The van der Waals surface area contributed by atoms with Gasteiger partial charge in [-0.2, -0.15) is 0 Å². The Kier molecular flexibility index (Phi) is 12.0. The van der Waals surface area contributed by atoms with E-state index in [9.17, 15) is 24.3 Å².